The van der Waals surface area contributed by atoms with Crippen LogP contribution in [0.1, 0.15) is 22.2 Å². The van der Waals surface area contributed by atoms with Crippen molar-refractivity contribution in [3.63, 3.8) is 0 Å². The zero-order chi connectivity index (χ0) is 20.6. The monoisotopic (exact) mass is 415 g/mol. The molecule has 3 amide bonds. The van der Waals surface area contributed by atoms with Crippen LogP contribution in [0.25, 0.3) is 0 Å². The minimum atomic E-state index is -0.221. The van der Waals surface area contributed by atoms with E-state index in [2.05, 4.69) is 17.6 Å². The van der Waals surface area contributed by atoms with E-state index in [0.717, 1.165) is 22.6 Å². The molecule has 3 N–H and O–H groups in total. The molecule has 1 aromatic heterocycles. The average molecular weight is 416 g/mol. The zero-order valence-electron chi connectivity index (χ0n) is 16.6. The van der Waals surface area contributed by atoms with Gasteiger partial charge >= 0.3 is 0 Å². The number of para-hydroxylation sites is 1. The van der Waals surface area contributed by atoms with Gasteiger partial charge in [-0.2, -0.15) is 0 Å². The third-order valence-electron chi connectivity index (χ3n) is 5.05. The molecule has 1 aromatic carbocycles. The Hall–Kier alpha value is -2.71. The first kappa shape index (κ1) is 21.0. The number of quaternary nitrogens is 1. The van der Waals surface area contributed by atoms with Gasteiger partial charge in [-0.05, 0) is 29.5 Å². The van der Waals surface area contributed by atoms with Crippen LogP contribution in [0.5, 0.6) is 0 Å². The van der Waals surface area contributed by atoms with Gasteiger partial charge in [0.1, 0.15) is 0 Å². The molecule has 2 aromatic rings. The summed E-state index contributed by atoms with van der Waals surface area (Å²) in [5, 5.41) is 7.50. The number of hydrogen-bond donors (Lipinski definition) is 3. The number of amides is 3. The summed E-state index contributed by atoms with van der Waals surface area (Å²) >= 11 is 1.35. The summed E-state index contributed by atoms with van der Waals surface area (Å²) in [6, 6.07) is 11.4. The van der Waals surface area contributed by atoms with Crippen LogP contribution in [0, 0.1) is 0 Å². The van der Waals surface area contributed by atoms with Crippen LogP contribution in [-0.4, -0.2) is 61.9 Å². The molecule has 29 heavy (non-hydrogen) atoms. The van der Waals surface area contributed by atoms with Gasteiger partial charge in [0.2, 0.25) is 5.91 Å². The van der Waals surface area contributed by atoms with Crippen molar-refractivity contribution in [3.8, 4) is 0 Å². The highest BCUT2D eigenvalue weighted by atomic mass is 32.1. The normalized spacial score (nSPS) is 14.4. The quantitative estimate of drug-likeness (QED) is 0.613. The number of carbonyl (C=O) groups excluding carboxylic acids is 3. The molecule has 0 saturated carbocycles. The molecular weight excluding hydrogens is 388 g/mol. The van der Waals surface area contributed by atoms with E-state index in [1.807, 2.05) is 29.6 Å². The number of rotatable bonds is 7. The number of thiophene rings is 1. The summed E-state index contributed by atoms with van der Waals surface area (Å²) in [6.07, 6.45) is 0.868. The Morgan fingerprint density at radius 1 is 1.10 bits per heavy atom. The van der Waals surface area contributed by atoms with Crippen LogP contribution < -0.4 is 15.5 Å². The molecule has 154 valence electrons. The minimum Gasteiger partial charge on any atom is -0.342 e. The van der Waals surface area contributed by atoms with Gasteiger partial charge in [0.05, 0.1) is 37.6 Å². The minimum absolute atomic E-state index is 0.000352. The smallest absolute Gasteiger partial charge is 0.279 e. The maximum Gasteiger partial charge on any atom is 0.279 e. The lowest BCUT2D eigenvalue weighted by molar-refractivity contribution is -0.895. The summed E-state index contributed by atoms with van der Waals surface area (Å²) in [5.74, 6) is -0.319. The Morgan fingerprint density at radius 2 is 1.86 bits per heavy atom. The second-order valence-corrected chi connectivity index (χ2v) is 7.97. The molecule has 7 nitrogen and oxygen atoms in total. The first-order valence-corrected chi connectivity index (χ1v) is 10.8. The Bertz CT molecular complexity index is 845. The highest BCUT2D eigenvalue weighted by Gasteiger charge is 2.25. The van der Waals surface area contributed by atoms with Crippen molar-refractivity contribution < 1.29 is 19.3 Å². The van der Waals surface area contributed by atoms with Crippen LogP contribution in [0.4, 0.5) is 5.69 Å². The van der Waals surface area contributed by atoms with Gasteiger partial charge in [-0.15, -0.1) is 11.3 Å². The molecule has 8 heteroatoms. The second-order valence-electron chi connectivity index (χ2n) is 7.03. The fourth-order valence-electron chi connectivity index (χ4n) is 3.38. The molecule has 0 radical (unpaired) electrons. The van der Waals surface area contributed by atoms with Crippen molar-refractivity contribution in [2.24, 2.45) is 0 Å². The zero-order valence-corrected chi connectivity index (χ0v) is 17.4. The van der Waals surface area contributed by atoms with Crippen molar-refractivity contribution in [3.05, 3.63) is 52.2 Å². The van der Waals surface area contributed by atoms with Crippen molar-refractivity contribution in [1.82, 2.24) is 10.2 Å². The number of benzene rings is 1. The number of carbonyl (C=O) groups is 3. The molecule has 0 aliphatic carbocycles. The Labute approximate surface area is 174 Å². The topological polar surface area (TPSA) is 82.9 Å². The summed E-state index contributed by atoms with van der Waals surface area (Å²) in [4.78, 5) is 40.2. The first-order chi connectivity index (χ1) is 14.1. The van der Waals surface area contributed by atoms with E-state index in [9.17, 15) is 14.4 Å². The SMILES string of the molecule is CCc1ccccc1NC(=O)C[NH+]1CCN(C(=O)CNC(=O)c2cccs2)CC1. The lowest BCUT2D eigenvalue weighted by Gasteiger charge is -2.32. The van der Waals surface area contributed by atoms with E-state index in [4.69, 9.17) is 0 Å². The van der Waals surface area contributed by atoms with Gasteiger partial charge in [0, 0.05) is 5.69 Å². The largest absolute Gasteiger partial charge is 0.342 e. The average Bonchev–Trinajstić information content (AvgIpc) is 3.27. The van der Waals surface area contributed by atoms with Crippen LogP contribution in [-0.2, 0) is 16.0 Å². The Balaban J connectivity index is 1.40. The van der Waals surface area contributed by atoms with E-state index in [1.54, 1.807) is 17.0 Å². The van der Waals surface area contributed by atoms with E-state index in [-0.39, 0.29) is 24.3 Å². The molecule has 0 spiro atoms. The molecule has 2 heterocycles. The maximum absolute atomic E-state index is 12.4. The van der Waals surface area contributed by atoms with Crippen molar-refractivity contribution in [2.45, 2.75) is 13.3 Å². The fraction of sp³-hybridized carbons (Fsp3) is 0.381. The molecule has 3 rings (SSSR count). The van der Waals surface area contributed by atoms with E-state index in [0.29, 0.717) is 37.6 Å². The van der Waals surface area contributed by atoms with Gasteiger partial charge in [0.15, 0.2) is 6.54 Å². The molecule has 1 aliphatic heterocycles. The Morgan fingerprint density at radius 3 is 2.55 bits per heavy atom. The van der Waals surface area contributed by atoms with Gasteiger partial charge in [-0.3, -0.25) is 14.4 Å². The standard InChI is InChI=1S/C21H26N4O3S/c1-2-16-6-3-4-7-17(16)23-19(26)15-24-9-11-25(12-10-24)20(27)14-22-21(28)18-8-5-13-29-18/h3-8,13H,2,9-12,14-15H2,1H3,(H,22,28)(H,23,26)/p+1. The van der Waals surface area contributed by atoms with Crippen LogP contribution in [0.15, 0.2) is 41.8 Å². The molecule has 0 unspecified atom stereocenters. The molecule has 1 saturated heterocycles. The molecule has 0 bridgehead atoms. The van der Waals surface area contributed by atoms with E-state index in [1.165, 1.54) is 11.3 Å². The second kappa shape index (κ2) is 10.2. The van der Waals surface area contributed by atoms with Gasteiger partial charge < -0.3 is 20.4 Å². The maximum atomic E-state index is 12.4. The molecule has 1 aliphatic rings. The van der Waals surface area contributed by atoms with Crippen molar-refractivity contribution in [1.29, 1.82) is 0 Å². The number of piperazine rings is 1. The van der Waals surface area contributed by atoms with Crippen molar-refractivity contribution in [2.75, 3.05) is 44.6 Å². The van der Waals surface area contributed by atoms with E-state index >= 15 is 0 Å². The van der Waals surface area contributed by atoms with Gasteiger partial charge in [0.25, 0.3) is 11.8 Å². The highest BCUT2D eigenvalue weighted by molar-refractivity contribution is 7.12. The van der Waals surface area contributed by atoms with E-state index < -0.39 is 0 Å². The summed E-state index contributed by atoms with van der Waals surface area (Å²) in [6.45, 7) is 5.05. The lowest BCUT2D eigenvalue weighted by Crippen LogP contribution is -3.15. The fourth-order valence-corrected chi connectivity index (χ4v) is 4.02. The third kappa shape index (κ3) is 5.88. The van der Waals surface area contributed by atoms with Crippen LogP contribution in [0.2, 0.25) is 0 Å². The van der Waals surface area contributed by atoms with Gasteiger partial charge in [-0.1, -0.05) is 31.2 Å². The van der Waals surface area contributed by atoms with Crippen molar-refractivity contribution >= 4 is 34.7 Å². The number of anilines is 1. The lowest BCUT2D eigenvalue weighted by atomic mass is 10.1. The summed E-state index contributed by atoms with van der Waals surface area (Å²) < 4.78 is 0. The Kier molecular flexibility index (Phi) is 7.37. The van der Waals surface area contributed by atoms with Gasteiger partial charge in [-0.25, -0.2) is 0 Å². The van der Waals surface area contributed by atoms with Crippen LogP contribution >= 0.6 is 11.3 Å². The number of hydrogen-bond acceptors (Lipinski definition) is 4. The predicted octanol–water partition coefficient (Wildman–Crippen LogP) is 0.406. The first-order valence-electron chi connectivity index (χ1n) is 9.87. The predicted molar refractivity (Wildman–Crippen MR) is 113 cm³/mol. The summed E-state index contributed by atoms with van der Waals surface area (Å²) in [5.41, 5.74) is 1.99. The summed E-state index contributed by atoms with van der Waals surface area (Å²) in [7, 11) is 0. The molecular formula is C21H27N4O3S+. The molecule has 1 fully saturated rings. The molecule has 0 atom stereocenters. The third-order valence-corrected chi connectivity index (χ3v) is 5.92. The number of nitrogens with zero attached hydrogens (tertiary/aromatic N) is 1. The number of aryl methyl sites for hydroxylation is 1. The number of nitrogens with one attached hydrogen (secondary N) is 3. The highest BCUT2D eigenvalue weighted by Crippen LogP contribution is 2.14. The van der Waals surface area contributed by atoms with Crippen LogP contribution in [0.3, 0.4) is 0 Å².